The summed E-state index contributed by atoms with van der Waals surface area (Å²) in [5.74, 6) is -0.990. The van der Waals surface area contributed by atoms with Crippen molar-refractivity contribution in [1.29, 1.82) is 0 Å². The van der Waals surface area contributed by atoms with Gasteiger partial charge in [-0.05, 0) is 52.6 Å². The van der Waals surface area contributed by atoms with Crippen molar-refractivity contribution in [3.8, 4) is 11.5 Å². The Morgan fingerprint density at radius 1 is 0.784 bits per heavy atom. The molecule has 16 heteroatoms. The van der Waals surface area contributed by atoms with Crippen LogP contribution in [-0.2, 0) is 15.6 Å². The van der Waals surface area contributed by atoms with E-state index >= 15 is 0 Å². The maximum Gasteiger partial charge on any atom is 0.424 e. The van der Waals surface area contributed by atoms with Gasteiger partial charge in [-0.15, -0.1) is 0 Å². The Bertz CT molecular complexity index is 1810. The fourth-order valence-electron chi connectivity index (χ4n) is 5.77. The molecular weight excluding hydrogens is 694 g/mol. The summed E-state index contributed by atoms with van der Waals surface area (Å²) in [5.41, 5.74) is -8.30. The van der Waals surface area contributed by atoms with E-state index in [1.165, 1.54) is 72.4 Å². The number of methoxy groups -OCH3 is 2. The first-order chi connectivity index (χ1) is 23.4. The Balaban J connectivity index is 0.000000295. The minimum Gasteiger partial charge on any atom is -0.497 e. The number of anilines is 1. The summed E-state index contributed by atoms with van der Waals surface area (Å²) >= 11 is 0. The Kier molecular flexibility index (Phi) is 12.1. The molecular formula is C35H39F8N3O5. The van der Waals surface area contributed by atoms with Crippen molar-refractivity contribution in [2.45, 2.75) is 74.9 Å². The van der Waals surface area contributed by atoms with Crippen LogP contribution in [-0.4, -0.2) is 71.0 Å². The van der Waals surface area contributed by atoms with E-state index in [1.54, 1.807) is 18.2 Å². The van der Waals surface area contributed by atoms with Crippen LogP contribution in [0, 0.1) is 11.6 Å². The molecule has 0 saturated heterocycles. The quantitative estimate of drug-likeness (QED) is 0.0869. The van der Waals surface area contributed by atoms with E-state index in [-0.39, 0.29) is 22.6 Å². The van der Waals surface area contributed by atoms with E-state index in [9.17, 15) is 50.1 Å². The summed E-state index contributed by atoms with van der Waals surface area (Å²) in [7, 11) is 2.70. The molecule has 0 aliphatic rings. The standard InChI is InChI=1S/C21H23F4N3O2.C14H16F4O3/c1-19(2,15-8-7-13(30-3)9-16(15)22)11-20(29,21(23,24)25)12-26-17-5-4-6-18-14(17)10-27-28-18;1-12(2,7-13(20,8-19)14(16,17)18)10-5-4-9(21-3)6-11(10)15/h4-10,26,29H,11-12H2,1-3H3,(H,27,28);4-6,8,20H,7H2,1-3H3. The highest BCUT2D eigenvalue weighted by atomic mass is 19.4. The predicted molar refractivity (Wildman–Crippen MR) is 174 cm³/mol. The van der Waals surface area contributed by atoms with Gasteiger partial charge in [-0.2, -0.15) is 31.4 Å². The number of fused-ring (bicyclic) bond motifs is 1. The SMILES string of the molecule is COc1ccc(C(C)(C)CC(O)(C=O)C(F)(F)F)c(F)c1.COc1ccc(C(C)(C)CC(O)(CNc2cccc3[nH]ncc23)C(F)(F)F)c(F)c1. The lowest BCUT2D eigenvalue weighted by Gasteiger charge is -2.38. The molecule has 1 heterocycles. The van der Waals surface area contributed by atoms with Gasteiger partial charge in [-0.25, -0.2) is 8.78 Å². The molecule has 4 aromatic rings. The van der Waals surface area contributed by atoms with Crippen molar-refractivity contribution < 1.29 is 59.6 Å². The molecule has 0 fully saturated rings. The molecule has 8 nitrogen and oxygen atoms in total. The van der Waals surface area contributed by atoms with E-state index in [0.29, 0.717) is 16.6 Å². The van der Waals surface area contributed by atoms with Gasteiger partial charge in [0.15, 0.2) is 11.9 Å². The topological polar surface area (TPSA) is 117 Å². The average molecular weight is 734 g/mol. The van der Waals surface area contributed by atoms with Gasteiger partial charge in [0.2, 0.25) is 5.60 Å². The summed E-state index contributed by atoms with van der Waals surface area (Å²) < 4.78 is 118. The lowest BCUT2D eigenvalue weighted by Crippen LogP contribution is -2.53. The summed E-state index contributed by atoms with van der Waals surface area (Å²) in [4.78, 5) is 10.7. The molecule has 4 N–H and O–H groups in total. The van der Waals surface area contributed by atoms with Crippen LogP contribution in [0.5, 0.6) is 11.5 Å². The second kappa shape index (κ2) is 15.0. The van der Waals surface area contributed by atoms with Gasteiger partial charge in [0.25, 0.3) is 0 Å². The highest BCUT2D eigenvalue weighted by Gasteiger charge is 2.57. The molecule has 280 valence electrons. The fraction of sp³-hybridized carbons (Fsp3) is 0.429. The Labute approximate surface area is 288 Å². The summed E-state index contributed by atoms with van der Waals surface area (Å²) in [6, 6.07) is 12.7. The first-order valence-corrected chi connectivity index (χ1v) is 15.3. The van der Waals surface area contributed by atoms with Gasteiger partial charge >= 0.3 is 12.4 Å². The number of H-pyrrole nitrogens is 1. The highest BCUT2D eigenvalue weighted by Crippen LogP contribution is 2.43. The maximum atomic E-state index is 14.5. The average Bonchev–Trinajstić information content (AvgIpc) is 3.52. The van der Waals surface area contributed by atoms with E-state index in [4.69, 9.17) is 9.47 Å². The van der Waals surface area contributed by atoms with E-state index in [1.807, 2.05) is 0 Å². The van der Waals surface area contributed by atoms with Crippen molar-refractivity contribution >= 4 is 22.9 Å². The van der Waals surface area contributed by atoms with Gasteiger partial charge in [-0.1, -0.05) is 45.9 Å². The number of halogens is 8. The summed E-state index contributed by atoms with van der Waals surface area (Å²) in [6.07, 6.45) is -10.9. The first-order valence-electron chi connectivity index (χ1n) is 15.3. The van der Waals surface area contributed by atoms with Crippen LogP contribution < -0.4 is 14.8 Å². The number of hydrogen-bond donors (Lipinski definition) is 4. The zero-order valence-corrected chi connectivity index (χ0v) is 28.6. The van der Waals surface area contributed by atoms with Crippen LogP contribution >= 0.6 is 0 Å². The largest absolute Gasteiger partial charge is 0.497 e. The molecule has 3 aromatic carbocycles. The zero-order valence-electron chi connectivity index (χ0n) is 28.6. The van der Waals surface area contributed by atoms with Gasteiger partial charge in [0.1, 0.15) is 23.1 Å². The van der Waals surface area contributed by atoms with Crippen molar-refractivity contribution in [2.24, 2.45) is 0 Å². The maximum absolute atomic E-state index is 14.5. The molecule has 0 amide bonds. The summed E-state index contributed by atoms with van der Waals surface area (Å²) in [5, 5.41) is 30.1. The number of alkyl halides is 6. The Morgan fingerprint density at radius 3 is 1.73 bits per heavy atom. The van der Waals surface area contributed by atoms with Crippen LogP contribution in [0.4, 0.5) is 40.8 Å². The molecule has 1 aromatic heterocycles. The number of rotatable bonds is 12. The molecule has 0 aliphatic carbocycles. The summed E-state index contributed by atoms with van der Waals surface area (Å²) in [6.45, 7) is 4.76. The van der Waals surface area contributed by atoms with Gasteiger partial charge < -0.3 is 25.0 Å². The molecule has 51 heavy (non-hydrogen) atoms. The van der Waals surface area contributed by atoms with Gasteiger partial charge in [0.05, 0.1) is 32.5 Å². The fourth-order valence-corrected chi connectivity index (χ4v) is 5.77. The Hall–Kier alpha value is -4.44. The second-order valence-electron chi connectivity index (χ2n) is 13.4. The number of carbonyl (C=O) groups excluding carboxylic acids is 1. The third kappa shape index (κ3) is 9.27. The molecule has 2 atom stereocenters. The second-order valence-corrected chi connectivity index (χ2v) is 13.4. The van der Waals surface area contributed by atoms with Gasteiger partial charge in [0, 0.05) is 29.6 Å². The van der Waals surface area contributed by atoms with Crippen molar-refractivity contribution in [1.82, 2.24) is 10.2 Å². The van der Waals surface area contributed by atoms with E-state index in [0.717, 1.165) is 12.1 Å². The smallest absolute Gasteiger partial charge is 0.424 e. The van der Waals surface area contributed by atoms with Crippen molar-refractivity contribution in [3.63, 3.8) is 0 Å². The number of benzene rings is 3. The minimum atomic E-state index is -5.13. The first kappa shape index (κ1) is 41.0. The monoisotopic (exact) mass is 733 g/mol. The molecule has 0 bridgehead atoms. The number of aromatic amines is 1. The van der Waals surface area contributed by atoms with Crippen LogP contribution in [0.2, 0.25) is 0 Å². The third-order valence-corrected chi connectivity index (χ3v) is 8.53. The van der Waals surface area contributed by atoms with Crippen LogP contribution in [0.25, 0.3) is 10.9 Å². The lowest BCUT2D eigenvalue weighted by atomic mass is 9.74. The Morgan fingerprint density at radius 2 is 1.29 bits per heavy atom. The number of aliphatic hydroxyl groups is 2. The number of nitrogens with zero attached hydrogens (tertiary/aromatic N) is 1. The zero-order chi connectivity index (χ0) is 38.6. The minimum absolute atomic E-state index is 0.0483. The number of ether oxygens (including phenoxy) is 2. The van der Waals surface area contributed by atoms with E-state index < -0.39 is 71.7 Å². The predicted octanol–water partition coefficient (Wildman–Crippen LogP) is 7.78. The lowest BCUT2D eigenvalue weighted by molar-refractivity contribution is -0.260. The number of hydrogen-bond acceptors (Lipinski definition) is 7. The number of aldehydes is 1. The van der Waals surface area contributed by atoms with Gasteiger partial charge in [-0.3, -0.25) is 9.89 Å². The number of carbonyl (C=O) groups is 1. The molecule has 0 spiro atoms. The highest BCUT2D eigenvalue weighted by molar-refractivity contribution is 5.90. The van der Waals surface area contributed by atoms with Crippen LogP contribution in [0.1, 0.15) is 51.7 Å². The molecule has 0 radical (unpaired) electrons. The third-order valence-electron chi connectivity index (χ3n) is 8.53. The number of aromatic nitrogens is 2. The molecule has 4 rings (SSSR count). The van der Waals surface area contributed by atoms with Crippen molar-refractivity contribution in [3.05, 3.63) is 83.6 Å². The van der Waals surface area contributed by atoms with E-state index in [2.05, 4.69) is 15.5 Å². The van der Waals surface area contributed by atoms with Crippen LogP contribution in [0.3, 0.4) is 0 Å². The normalized spacial score (nSPS) is 14.9. The molecule has 0 aliphatic heterocycles. The van der Waals surface area contributed by atoms with Crippen LogP contribution in [0.15, 0.2) is 60.8 Å². The number of nitrogens with one attached hydrogen (secondary N) is 2. The van der Waals surface area contributed by atoms with Crippen molar-refractivity contribution in [2.75, 3.05) is 26.1 Å². The molecule has 2 unspecified atom stereocenters. The molecule has 0 saturated carbocycles.